The van der Waals surface area contributed by atoms with E-state index in [0.717, 1.165) is 24.5 Å². The van der Waals surface area contributed by atoms with Crippen molar-refractivity contribution in [2.24, 2.45) is 0 Å². The molecule has 148 valence electrons. The Morgan fingerprint density at radius 1 is 1.21 bits per heavy atom. The first kappa shape index (κ1) is 20.7. The van der Waals surface area contributed by atoms with Gasteiger partial charge in [-0.1, -0.05) is 35.3 Å². The molecule has 2 aromatic rings. The number of thiocarbonyl (C=S) groups is 1. The number of hydrogen-bond acceptors (Lipinski definition) is 5. The number of carbonyl (C=O) groups is 1. The van der Waals surface area contributed by atoms with Gasteiger partial charge in [0.2, 0.25) is 0 Å². The van der Waals surface area contributed by atoms with Gasteiger partial charge in [-0.25, -0.2) is 0 Å². The van der Waals surface area contributed by atoms with Crippen LogP contribution in [0.5, 0.6) is 5.75 Å². The molecular formula is C19H19Cl2N3O3S. The van der Waals surface area contributed by atoms with Crippen LogP contribution in [0.15, 0.2) is 36.4 Å². The van der Waals surface area contributed by atoms with Crippen molar-refractivity contribution in [3.8, 4) is 5.75 Å². The third-order valence-corrected chi connectivity index (χ3v) is 4.89. The second kappa shape index (κ2) is 9.43. The number of anilines is 2. The molecule has 0 saturated carbocycles. The number of ether oxygens (including phenoxy) is 2. The summed E-state index contributed by atoms with van der Waals surface area (Å²) < 4.78 is 10.6. The lowest BCUT2D eigenvalue weighted by molar-refractivity contribution is 0.0974. The Balaban J connectivity index is 1.74. The molecule has 0 unspecified atom stereocenters. The van der Waals surface area contributed by atoms with Crippen LogP contribution < -0.4 is 20.3 Å². The summed E-state index contributed by atoms with van der Waals surface area (Å²) in [6.07, 6.45) is 0. The average molecular weight is 440 g/mol. The minimum absolute atomic E-state index is 0.156. The van der Waals surface area contributed by atoms with Crippen LogP contribution in [-0.4, -0.2) is 44.4 Å². The van der Waals surface area contributed by atoms with E-state index in [1.54, 1.807) is 0 Å². The van der Waals surface area contributed by atoms with Crippen molar-refractivity contribution in [1.29, 1.82) is 0 Å². The van der Waals surface area contributed by atoms with E-state index in [4.69, 9.17) is 44.9 Å². The number of hydrogen-bond donors (Lipinski definition) is 2. The first-order chi connectivity index (χ1) is 13.5. The number of halogens is 2. The van der Waals surface area contributed by atoms with Crippen molar-refractivity contribution in [1.82, 2.24) is 5.32 Å². The fourth-order valence-electron chi connectivity index (χ4n) is 2.92. The van der Waals surface area contributed by atoms with Crippen LogP contribution in [0.4, 0.5) is 11.4 Å². The molecule has 1 aliphatic heterocycles. The van der Waals surface area contributed by atoms with Gasteiger partial charge in [-0.15, -0.1) is 0 Å². The van der Waals surface area contributed by atoms with Crippen LogP contribution in [0.2, 0.25) is 10.0 Å². The normalized spacial score (nSPS) is 13.8. The highest BCUT2D eigenvalue weighted by atomic mass is 35.5. The third-order valence-electron chi connectivity index (χ3n) is 4.19. The van der Waals surface area contributed by atoms with Crippen LogP contribution in [0.3, 0.4) is 0 Å². The molecule has 3 rings (SSSR count). The van der Waals surface area contributed by atoms with Crippen LogP contribution in [-0.2, 0) is 4.74 Å². The number of rotatable bonds is 4. The van der Waals surface area contributed by atoms with Gasteiger partial charge in [-0.2, -0.15) is 0 Å². The number of amides is 1. The maximum atomic E-state index is 12.7. The number of benzene rings is 2. The number of nitrogens with one attached hydrogen (secondary N) is 2. The van der Waals surface area contributed by atoms with Gasteiger partial charge in [0.15, 0.2) is 5.11 Å². The number of para-hydroxylation sites is 2. The molecule has 28 heavy (non-hydrogen) atoms. The van der Waals surface area contributed by atoms with E-state index in [1.165, 1.54) is 19.2 Å². The fourth-order valence-corrected chi connectivity index (χ4v) is 3.69. The van der Waals surface area contributed by atoms with Gasteiger partial charge in [0, 0.05) is 18.1 Å². The van der Waals surface area contributed by atoms with Gasteiger partial charge >= 0.3 is 0 Å². The minimum Gasteiger partial charge on any atom is -0.494 e. The van der Waals surface area contributed by atoms with Crippen molar-refractivity contribution < 1.29 is 14.3 Å². The molecule has 1 aliphatic rings. The maximum absolute atomic E-state index is 12.7. The Morgan fingerprint density at radius 3 is 2.64 bits per heavy atom. The molecule has 6 nitrogen and oxygen atoms in total. The van der Waals surface area contributed by atoms with E-state index in [2.05, 4.69) is 15.5 Å². The Morgan fingerprint density at radius 2 is 1.93 bits per heavy atom. The molecule has 1 fully saturated rings. The Hall–Kier alpha value is -2.06. The first-order valence-corrected chi connectivity index (χ1v) is 9.73. The quantitative estimate of drug-likeness (QED) is 0.702. The zero-order valence-corrected chi connectivity index (χ0v) is 17.5. The largest absolute Gasteiger partial charge is 0.494 e. The zero-order valence-electron chi connectivity index (χ0n) is 15.1. The molecule has 0 atom stereocenters. The van der Waals surface area contributed by atoms with E-state index in [-0.39, 0.29) is 21.4 Å². The molecule has 1 heterocycles. The molecule has 0 radical (unpaired) electrons. The summed E-state index contributed by atoms with van der Waals surface area (Å²) in [4.78, 5) is 14.9. The van der Waals surface area contributed by atoms with Crippen molar-refractivity contribution in [2.75, 3.05) is 43.6 Å². The monoisotopic (exact) mass is 439 g/mol. The molecule has 1 saturated heterocycles. The van der Waals surface area contributed by atoms with E-state index in [1.807, 2.05) is 24.3 Å². The third kappa shape index (κ3) is 4.86. The molecule has 2 aromatic carbocycles. The summed E-state index contributed by atoms with van der Waals surface area (Å²) in [5.74, 6) is -0.234. The highest BCUT2D eigenvalue weighted by Crippen LogP contribution is 2.32. The number of nitrogens with zero attached hydrogens (tertiary/aromatic N) is 1. The van der Waals surface area contributed by atoms with Crippen LogP contribution in [0.1, 0.15) is 10.4 Å². The van der Waals surface area contributed by atoms with E-state index in [9.17, 15) is 4.79 Å². The van der Waals surface area contributed by atoms with Gasteiger partial charge in [-0.05, 0) is 36.5 Å². The molecule has 1 amide bonds. The maximum Gasteiger partial charge on any atom is 0.261 e. The smallest absolute Gasteiger partial charge is 0.261 e. The van der Waals surface area contributed by atoms with Crippen LogP contribution >= 0.6 is 35.4 Å². The second-order valence-electron chi connectivity index (χ2n) is 5.99. The average Bonchev–Trinajstić information content (AvgIpc) is 2.68. The molecule has 9 heteroatoms. The molecule has 0 aromatic heterocycles. The molecule has 0 aliphatic carbocycles. The number of methoxy groups -OCH3 is 1. The predicted molar refractivity (Wildman–Crippen MR) is 116 cm³/mol. The van der Waals surface area contributed by atoms with Gasteiger partial charge in [0.25, 0.3) is 5.91 Å². The Labute approximate surface area is 178 Å². The summed E-state index contributed by atoms with van der Waals surface area (Å²) in [6, 6.07) is 10.7. The first-order valence-electron chi connectivity index (χ1n) is 8.56. The minimum atomic E-state index is -0.470. The molecule has 2 N–H and O–H groups in total. The standard InChI is InChI=1S/C19H19Cl2N3O3S/c1-26-17-13(10-12(20)11-14(17)21)18(25)23-19(28)22-15-4-2-3-5-16(15)24-6-8-27-9-7-24/h2-5,10-11H,6-9H2,1H3,(H2,22,23,25,28). The summed E-state index contributed by atoms with van der Waals surface area (Å²) in [5, 5.41) is 6.46. The highest BCUT2D eigenvalue weighted by molar-refractivity contribution is 7.80. The van der Waals surface area contributed by atoms with Gasteiger partial charge in [-0.3, -0.25) is 10.1 Å². The molecule has 0 spiro atoms. The zero-order chi connectivity index (χ0) is 20.1. The van der Waals surface area contributed by atoms with Crippen molar-refractivity contribution in [2.45, 2.75) is 0 Å². The van der Waals surface area contributed by atoms with E-state index in [0.29, 0.717) is 18.2 Å². The fraction of sp³-hybridized carbons (Fsp3) is 0.263. The topological polar surface area (TPSA) is 62.8 Å². The van der Waals surface area contributed by atoms with Gasteiger partial charge < -0.3 is 19.7 Å². The van der Waals surface area contributed by atoms with Gasteiger partial charge in [0.1, 0.15) is 5.75 Å². The lowest BCUT2D eigenvalue weighted by Crippen LogP contribution is -2.38. The van der Waals surface area contributed by atoms with Crippen LogP contribution in [0.25, 0.3) is 0 Å². The van der Waals surface area contributed by atoms with E-state index >= 15 is 0 Å². The number of morpholine rings is 1. The summed E-state index contributed by atoms with van der Waals surface area (Å²) in [6.45, 7) is 2.92. The summed E-state index contributed by atoms with van der Waals surface area (Å²) >= 11 is 17.4. The van der Waals surface area contributed by atoms with Crippen molar-refractivity contribution in [3.05, 3.63) is 52.0 Å². The van der Waals surface area contributed by atoms with Crippen molar-refractivity contribution >= 4 is 57.8 Å². The Kier molecular flexibility index (Phi) is 6.96. The number of carbonyl (C=O) groups excluding carboxylic acids is 1. The predicted octanol–water partition coefficient (Wildman–Crippen LogP) is 3.97. The summed E-state index contributed by atoms with van der Waals surface area (Å²) in [7, 11) is 1.43. The highest BCUT2D eigenvalue weighted by Gasteiger charge is 2.19. The lowest BCUT2D eigenvalue weighted by atomic mass is 10.2. The van der Waals surface area contributed by atoms with E-state index < -0.39 is 5.91 Å². The second-order valence-corrected chi connectivity index (χ2v) is 7.25. The molecule has 0 bridgehead atoms. The SMILES string of the molecule is COc1c(Cl)cc(Cl)cc1C(=O)NC(=S)Nc1ccccc1N1CCOCC1. The molecular weight excluding hydrogens is 421 g/mol. The summed E-state index contributed by atoms with van der Waals surface area (Å²) in [5.41, 5.74) is 1.99. The lowest BCUT2D eigenvalue weighted by Gasteiger charge is -2.30. The van der Waals surface area contributed by atoms with Crippen LogP contribution in [0, 0.1) is 0 Å². The Bertz CT molecular complexity index is 889. The van der Waals surface area contributed by atoms with Gasteiger partial charge in [0.05, 0.1) is 42.3 Å². The van der Waals surface area contributed by atoms with Crippen molar-refractivity contribution in [3.63, 3.8) is 0 Å².